The number of carbonyl (C=O) groups is 2. The average Bonchev–Trinajstić information content (AvgIpc) is 2.48. The lowest BCUT2D eigenvalue weighted by Gasteiger charge is -2.08. The molecule has 1 aromatic carbocycles. The van der Waals surface area contributed by atoms with Crippen LogP contribution in [0.15, 0.2) is 24.3 Å². The maximum absolute atomic E-state index is 11.5. The van der Waals surface area contributed by atoms with E-state index in [9.17, 15) is 9.59 Å². The molecule has 0 aromatic heterocycles. The van der Waals surface area contributed by atoms with Gasteiger partial charge in [-0.15, -0.1) is 0 Å². The van der Waals surface area contributed by atoms with Gasteiger partial charge in [0.05, 0.1) is 12.2 Å². The second-order valence-electron chi connectivity index (χ2n) is 4.68. The fraction of sp³-hybridized carbons (Fsp3) is 0.500. The molecule has 0 saturated heterocycles. The summed E-state index contributed by atoms with van der Waals surface area (Å²) in [5.41, 5.74) is 1.41. The molecule has 0 aliphatic rings. The first-order valence-electron chi connectivity index (χ1n) is 7.45. The molecule has 116 valence electrons. The first kappa shape index (κ1) is 17.0. The number of carbonyl (C=O) groups excluding carboxylic acids is 2. The van der Waals surface area contributed by atoms with Gasteiger partial charge in [0.25, 0.3) is 0 Å². The summed E-state index contributed by atoms with van der Waals surface area (Å²) in [6, 6.07) is 7.03. The Morgan fingerprint density at radius 2 is 1.81 bits per heavy atom. The Balaban J connectivity index is 2.29. The number of unbranched alkanes of at least 4 members (excludes halogenated alkanes) is 1. The van der Waals surface area contributed by atoms with E-state index in [-0.39, 0.29) is 11.9 Å². The predicted octanol–water partition coefficient (Wildman–Crippen LogP) is 2.58. The molecule has 2 N–H and O–H groups in total. The molecule has 0 aliphatic carbocycles. The summed E-state index contributed by atoms with van der Waals surface area (Å²) in [5, 5.41) is 6.02. The zero-order chi connectivity index (χ0) is 15.5. The topological polar surface area (TPSA) is 67.4 Å². The molecule has 0 bridgehead atoms. The van der Waals surface area contributed by atoms with Crippen LogP contribution < -0.4 is 10.6 Å². The minimum atomic E-state index is -0.320. The maximum atomic E-state index is 11.5. The van der Waals surface area contributed by atoms with Crippen LogP contribution in [0.5, 0.6) is 0 Å². The summed E-state index contributed by atoms with van der Waals surface area (Å²) in [6.45, 7) is 5.54. The van der Waals surface area contributed by atoms with Crippen LogP contribution in [0.2, 0.25) is 0 Å². The van der Waals surface area contributed by atoms with Crippen molar-refractivity contribution in [2.45, 2.75) is 33.1 Å². The van der Waals surface area contributed by atoms with Gasteiger partial charge in [-0.05, 0) is 37.6 Å². The number of ether oxygens (including phenoxy) is 1. The quantitative estimate of drug-likeness (QED) is 0.542. The molecule has 5 heteroatoms. The largest absolute Gasteiger partial charge is 0.462 e. The van der Waals surface area contributed by atoms with Crippen LogP contribution in [0, 0.1) is 0 Å². The van der Waals surface area contributed by atoms with E-state index in [4.69, 9.17) is 4.74 Å². The molecule has 5 nitrogen and oxygen atoms in total. The zero-order valence-electron chi connectivity index (χ0n) is 12.8. The standard InChI is InChI=1S/C16H24N2O3/c1-3-5-11-18-15(19)10-12-17-14-8-6-13(7-9-14)16(20)21-4-2/h6-9,17H,3-5,10-12H2,1-2H3,(H,18,19). The first-order valence-corrected chi connectivity index (χ1v) is 7.45. The van der Waals surface area contributed by atoms with Crippen LogP contribution in [0.4, 0.5) is 5.69 Å². The predicted molar refractivity (Wildman–Crippen MR) is 83.4 cm³/mol. The summed E-state index contributed by atoms with van der Waals surface area (Å²) in [7, 11) is 0. The third-order valence-corrected chi connectivity index (χ3v) is 2.93. The van der Waals surface area contributed by atoms with Crippen molar-refractivity contribution in [3.05, 3.63) is 29.8 Å². The van der Waals surface area contributed by atoms with Crippen molar-refractivity contribution in [3.8, 4) is 0 Å². The molecule has 0 unspecified atom stereocenters. The number of anilines is 1. The van der Waals surface area contributed by atoms with Crippen LogP contribution in [-0.4, -0.2) is 31.6 Å². The lowest BCUT2D eigenvalue weighted by molar-refractivity contribution is -0.120. The van der Waals surface area contributed by atoms with E-state index in [1.165, 1.54) is 0 Å². The van der Waals surface area contributed by atoms with Crippen LogP contribution in [0.1, 0.15) is 43.5 Å². The Morgan fingerprint density at radius 3 is 2.43 bits per heavy atom. The molecular formula is C16H24N2O3. The molecule has 0 atom stereocenters. The molecule has 21 heavy (non-hydrogen) atoms. The summed E-state index contributed by atoms with van der Waals surface area (Å²) in [6.07, 6.45) is 2.52. The number of rotatable bonds is 9. The van der Waals surface area contributed by atoms with Crippen molar-refractivity contribution in [1.82, 2.24) is 5.32 Å². The molecule has 0 radical (unpaired) electrons. The summed E-state index contributed by atoms with van der Waals surface area (Å²) in [5.74, 6) is -0.265. The van der Waals surface area contributed by atoms with Gasteiger partial charge in [0.15, 0.2) is 0 Å². The Kier molecular flexibility index (Phi) is 7.94. The number of esters is 1. The van der Waals surface area contributed by atoms with Crippen molar-refractivity contribution in [3.63, 3.8) is 0 Å². The smallest absolute Gasteiger partial charge is 0.338 e. The fourth-order valence-electron chi connectivity index (χ4n) is 1.75. The second-order valence-corrected chi connectivity index (χ2v) is 4.68. The number of amides is 1. The van der Waals surface area contributed by atoms with Gasteiger partial charge in [0, 0.05) is 25.2 Å². The fourth-order valence-corrected chi connectivity index (χ4v) is 1.75. The number of benzene rings is 1. The van der Waals surface area contributed by atoms with Crippen molar-refractivity contribution in [2.75, 3.05) is 25.0 Å². The SMILES string of the molecule is CCCCNC(=O)CCNc1ccc(C(=O)OCC)cc1. The molecule has 0 aliphatic heterocycles. The highest BCUT2D eigenvalue weighted by atomic mass is 16.5. The van der Waals surface area contributed by atoms with Gasteiger partial charge in [-0.3, -0.25) is 4.79 Å². The molecular weight excluding hydrogens is 268 g/mol. The third kappa shape index (κ3) is 6.79. The Hall–Kier alpha value is -2.04. The third-order valence-electron chi connectivity index (χ3n) is 2.93. The van der Waals surface area contributed by atoms with Crippen LogP contribution in [0.3, 0.4) is 0 Å². The minimum absolute atomic E-state index is 0.0547. The van der Waals surface area contributed by atoms with Gasteiger partial charge in [0.1, 0.15) is 0 Å². The molecule has 1 aromatic rings. The van der Waals surface area contributed by atoms with E-state index in [2.05, 4.69) is 17.6 Å². The van der Waals surface area contributed by atoms with Crippen molar-refractivity contribution in [1.29, 1.82) is 0 Å². The van der Waals surface area contributed by atoms with E-state index >= 15 is 0 Å². The second kappa shape index (κ2) is 9.80. The average molecular weight is 292 g/mol. The monoisotopic (exact) mass is 292 g/mol. The number of nitrogens with one attached hydrogen (secondary N) is 2. The van der Waals surface area contributed by atoms with Gasteiger partial charge in [-0.2, -0.15) is 0 Å². The van der Waals surface area contributed by atoms with Crippen molar-refractivity contribution in [2.24, 2.45) is 0 Å². The van der Waals surface area contributed by atoms with Gasteiger partial charge in [0.2, 0.25) is 5.91 Å². The van der Waals surface area contributed by atoms with Crippen molar-refractivity contribution >= 4 is 17.6 Å². The van der Waals surface area contributed by atoms with Crippen LogP contribution in [-0.2, 0) is 9.53 Å². The van der Waals surface area contributed by atoms with Gasteiger partial charge in [-0.25, -0.2) is 4.79 Å². The lowest BCUT2D eigenvalue weighted by Crippen LogP contribution is -2.26. The van der Waals surface area contributed by atoms with Crippen molar-refractivity contribution < 1.29 is 14.3 Å². The Bertz CT molecular complexity index is 443. The molecule has 1 rings (SSSR count). The summed E-state index contributed by atoms with van der Waals surface area (Å²) in [4.78, 5) is 23.0. The summed E-state index contributed by atoms with van der Waals surface area (Å²) < 4.78 is 4.91. The minimum Gasteiger partial charge on any atom is -0.462 e. The van der Waals surface area contributed by atoms with Gasteiger partial charge >= 0.3 is 5.97 Å². The number of hydrogen-bond acceptors (Lipinski definition) is 4. The van der Waals surface area contributed by atoms with Crippen LogP contribution >= 0.6 is 0 Å². The molecule has 0 spiro atoms. The summed E-state index contributed by atoms with van der Waals surface area (Å²) >= 11 is 0. The number of hydrogen-bond donors (Lipinski definition) is 2. The molecule has 0 heterocycles. The van der Waals surface area contributed by atoms with E-state index in [0.29, 0.717) is 25.1 Å². The first-order chi connectivity index (χ1) is 10.2. The van der Waals surface area contributed by atoms with E-state index in [1.54, 1.807) is 31.2 Å². The normalized spacial score (nSPS) is 10.0. The highest BCUT2D eigenvalue weighted by molar-refractivity contribution is 5.89. The molecule has 0 fully saturated rings. The highest BCUT2D eigenvalue weighted by Gasteiger charge is 2.05. The maximum Gasteiger partial charge on any atom is 0.338 e. The van der Waals surface area contributed by atoms with E-state index in [1.807, 2.05) is 0 Å². The molecule has 1 amide bonds. The Morgan fingerprint density at radius 1 is 1.10 bits per heavy atom. The lowest BCUT2D eigenvalue weighted by atomic mass is 10.2. The van der Waals surface area contributed by atoms with Crippen LogP contribution in [0.25, 0.3) is 0 Å². The molecule has 0 saturated carbocycles. The zero-order valence-corrected chi connectivity index (χ0v) is 12.8. The van der Waals surface area contributed by atoms with E-state index < -0.39 is 0 Å². The Labute approximate surface area is 126 Å². The van der Waals surface area contributed by atoms with Gasteiger partial charge < -0.3 is 15.4 Å². The van der Waals surface area contributed by atoms with E-state index in [0.717, 1.165) is 25.1 Å². The van der Waals surface area contributed by atoms with Gasteiger partial charge in [-0.1, -0.05) is 13.3 Å². The highest BCUT2D eigenvalue weighted by Crippen LogP contribution is 2.10.